The first kappa shape index (κ1) is 16.9. The third kappa shape index (κ3) is 8.95. The summed E-state index contributed by atoms with van der Waals surface area (Å²) < 4.78 is 4.96. The van der Waals surface area contributed by atoms with Crippen LogP contribution in [0.3, 0.4) is 0 Å². The van der Waals surface area contributed by atoms with E-state index in [2.05, 4.69) is 12.2 Å². The second-order valence-corrected chi connectivity index (χ2v) is 4.48. The van der Waals surface area contributed by atoms with Crippen molar-refractivity contribution >= 4 is 11.9 Å². The van der Waals surface area contributed by atoms with Crippen LogP contribution in [0.1, 0.15) is 32.6 Å². The molecule has 0 bridgehead atoms. The minimum atomic E-state index is -0.937. The summed E-state index contributed by atoms with van der Waals surface area (Å²) in [5.41, 5.74) is 5.43. The lowest BCUT2D eigenvalue weighted by atomic mass is 10.0. The summed E-state index contributed by atoms with van der Waals surface area (Å²) in [6.07, 6.45) is 1.55. The number of rotatable bonds is 10. The molecule has 2 atom stereocenters. The molecule has 0 radical (unpaired) electrons. The van der Waals surface area contributed by atoms with Crippen LogP contribution in [-0.4, -0.2) is 43.3 Å². The third-order valence-electron chi connectivity index (χ3n) is 2.79. The van der Waals surface area contributed by atoms with Gasteiger partial charge in [0.05, 0.1) is 12.5 Å². The topological polar surface area (TPSA) is 102 Å². The molecule has 0 heterocycles. The van der Waals surface area contributed by atoms with E-state index >= 15 is 0 Å². The van der Waals surface area contributed by atoms with E-state index in [-0.39, 0.29) is 18.9 Å². The molecular weight excluding hydrogens is 236 g/mol. The molecule has 0 saturated carbocycles. The number of hydrogen-bond acceptors (Lipinski definition) is 4. The lowest BCUT2D eigenvalue weighted by Crippen LogP contribution is -2.34. The molecule has 18 heavy (non-hydrogen) atoms. The maximum Gasteiger partial charge on any atom is 0.306 e. The van der Waals surface area contributed by atoms with Gasteiger partial charge in [-0.3, -0.25) is 9.59 Å². The maximum absolute atomic E-state index is 11.5. The van der Waals surface area contributed by atoms with E-state index in [1.165, 1.54) is 7.11 Å². The van der Waals surface area contributed by atoms with Gasteiger partial charge in [0.1, 0.15) is 0 Å². The van der Waals surface area contributed by atoms with Crippen molar-refractivity contribution in [3.05, 3.63) is 0 Å². The number of ether oxygens (including phenoxy) is 1. The van der Waals surface area contributed by atoms with Crippen molar-refractivity contribution < 1.29 is 19.4 Å². The van der Waals surface area contributed by atoms with Gasteiger partial charge in [-0.25, -0.2) is 0 Å². The van der Waals surface area contributed by atoms with Crippen LogP contribution in [0.15, 0.2) is 0 Å². The molecule has 2 unspecified atom stereocenters. The van der Waals surface area contributed by atoms with Crippen LogP contribution >= 0.6 is 0 Å². The van der Waals surface area contributed by atoms with E-state index in [9.17, 15) is 9.59 Å². The third-order valence-corrected chi connectivity index (χ3v) is 2.79. The lowest BCUT2D eigenvalue weighted by Gasteiger charge is -2.14. The van der Waals surface area contributed by atoms with Crippen molar-refractivity contribution in [2.75, 3.05) is 20.2 Å². The Hall–Kier alpha value is -1.14. The number of carboxylic acids is 1. The highest BCUT2D eigenvalue weighted by Gasteiger charge is 2.13. The van der Waals surface area contributed by atoms with E-state index in [0.29, 0.717) is 18.9 Å². The Balaban J connectivity index is 3.77. The Kier molecular flexibility index (Phi) is 9.22. The lowest BCUT2D eigenvalue weighted by molar-refractivity contribution is -0.140. The number of nitrogens with one attached hydrogen (secondary N) is 1. The van der Waals surface area contributed by atoms with Crippen molar-refractivity contribution in [3.63, 3.8) is 0 Å². The first-order chi connectivity index (χ1) is 8.49. The number of carbonyl (C=O) groups excluding carboxylic acids is 1. The van der Waals surface area contributed by atoms with Crippen LogP contribution in [-0.2, 0) is 14.3 Å². The van der Waals surface area contributed by atoms with Crippen LogP contribution in [0, 0.1) is 5.92 Å². The summed E-state index contributed by atoms with van der Waals surface area (Å²) in [7, 11) is 1.43. The summed E-state index contributed by atoms with van der Waals surface area (Å²) in [4.78, 5) is 22.0. The fraction of sp³-hybridized carbons (Fsp3) is 0.833. The summed E-state index contributed by atoms with van der Waals surface area (Å²) >= 11 is 0. The van der Waals surface area contributed by atoms with Crippen LogP contribution in [0.4, 0.5) is 0 Å². The summed E-state index contributed by atoms with van der Waals surface area (Å²) in [6.45, 7) is 2.92. The van der Waals surface area contributed by atoms with E-state index in [1.54, 1.807) is 0 Å². The highest BCUT2D eigenvalue weighted by Crippen LogP contribution is 2.08. The molecule has 106 valence electrons. The highest BCUT2D eigenvalue weighted by molar-refractivity contribution is 5.76. The van der Waals surface area contributed by atoms with Gasteiger partial charge >= 0.3 is 5.97 Å². The van der Waals surface area contributed by atoms with E-state index in [4.69, 9.17) is 15.6 Å². The number of aliphatic carboxylic acids is 1. The summed E-state index contributed by atoms with van der Waals surface area (Å²) in [5.74, 6) is -0.586. The second-order valence-electron chi connectivity index (χ2n) is 4.48. The SMILES string of the molecule is COC(CNC(=O)CCC(C)CCN)CC(=O)O. The van der Waals surface area contributed by atoms with E-state index < -0.39 is 12.1 Å². The average Bonchev–Trinajstić information content (AvgIpc) is 2.31. The van der Waals surface area contributed by atoms with Gasteiger partial charge in [-0.15, -0.1) is 0 Å². The maximum atomic E-state index is 11.5. The van der Waals surface area contributed by atoms with E-state index in [0.717, 1.165) is 12.8 Å². The number of nitrogens with two attached hydrogens (primary N) is 1. The molecule has 4 N–H and O–H groups in total. The quantitative estimate of drug-likeness (QED) is 0.526. The minimum absolute atomic E-state index is 0.0775. The Morgan fingerprint density at radius 3 is 2.56 bits per heavy atom. The molecule has 0 aromatic carbocycles. The van der Waals surface area contributed by atoms with Crippen molar-refractivity contribution in [3.8, 4) is 0 Å². The molecule has 0 aliphatic heterocycles. The fourth-order valence-corrected chi connectivity index (χ4v) is 1.56. The van der Waals surface area contributed by atoms with Gasteiger partial charge in [0.25, 0.3) is 0 Å². The molecule has 0 aromatic rings. The predicted octanol–water partition coefficient (Wildman–Crippen LogP) is 0.357. The molecule has 0 aromatic heterocycles. The van der Waals surface area contributed by atoms with Crippen LogP contribution < -0.4 is 11.1 Å². The summed E-state index contributed by atoms with van der Waals surface area (Å²) in [6, 6.07) is 0. The van der Waals surface area contributed by atoms with Crippen molar-refractivity contribution in [2.24, 2.45) is 11.7 Å². The van der Waals surface area contributed by atoms with Crippen molar-refractivity contribution in [1.82, 2.24) is 5.32 Å². The zero-order chi connectivity index (χ0) is 14.0. The van der Waals surface area contributed by atoms with Gasteiger partial charge in [-0.1, -0.05) is 6.92 Å². The van der Waals surface area contributed by atoms with Gasteiger partial charge in [0.2, 0.25) is 5.91 Å². The van der Waals surface area contributed by atoms with Gasteiger partial charge in [0, 0.05) is 20.1 Å². The van der Waals surface area contributed by atoms with E-state index in [1.807, 2.05) is 0 Å². The Labute approximate surface area is 108 Å². The highest BCUT2D eigenvalue weighted by atomic mass is 16.5. The zero-order valence-electron chi connectivity index (χ0n) is 11.1. The molecular formula is C12H24N2O4. The molecule has 0 rings (SSSR count). The van der Waals surface area contributed by atoms with Gasteiger partial charge in [-0.2, -0.15) is 0 Å². The van der Waals surface area contributed by atoms with Gasteiger partial charge in [0.15, 0.2) is 0 Å². The number of hydrogen-bond donors (Lipinski definition) is 3. The van der Waals surface area contributed by atoms with Crippen molar-refractivity contribution in [1.29, 1.82) is 0 Å². The molecule has 0 saturated heterocycles. The molecule has 0 aliphatic carbocycles. The van der Waals surface area contributed by atoms with Gasteiger partial charge < -0.3 is 20.9 Å². The normalized spacial score (nSPS) is 13.9. The Bertz CT molecular complexity index is 258. The number of amides is 1. The largest absolute Gasteiger partial charge is 0.481 e. The first-order valence-corrected chi connectivity index (χ1v) is 6.21. The summed E-state index contributed by atoms with van der Waals surface area (Å²) in [5, 5.41) is 11.3. The van der Waals surface area contributed by atoms with Crippen LogP contribution in [0.25, 0.3) is 0 Å². The molecule has 0 spiro atoms. The molecule has 0 fully saturated rings. The Morgan fingerprint density at radius 2 is 2.06 bits per heavy atom. The Morgan fingerprint density at radius 1 is 1.39 bits per heavy atom. The molecule has 6 nitrogen and oxygen atoms in total. The van der Waals surface area contributed by atoms with Crippen LogP contribution in [0.2, 0.25) is 0 Å². The first-order valence-electron chi connectivity index (χ1n) is 6.21. The molecule has 0 aliphatic rings. The second kappa shape index (κ2) is 9.85. The number of carboxylic acid groups (broad SMARTS) is 1. The zero-order valence-corrected chi connectivity index (χ0v) is 11.1. The standard InChI is InChI=1S/C12H24N2O4/c1-9(5-6-13)3-4-11(15)14-8-10(18-2)7-12(16)17/h9-10H,3-8,13H2,1-2H3,(H,14,15)(H,16,17). The average molecular weight is 260 g/mol. The van der Waals surface area contributed by atoms with Crippen molar-refractivity contribution in [2.45, 2.75) is 38.7 Å². The van der Waals surface area contributed by atoms with Crippen LogP contribution in [0.5, 0.6) is 0 Å². The monoisotopic (exact) mass is 260 g/mol. The number of methoxy groups -OCH3 is 1. The molecule has 1 amide bonds. The smallest absolute Gasteiger partial charge is 0.306 e. The predicted molar refractivity (Wildman–Crippen MR) is 68.1 cm³/mol. The molecule has 6 heteroatoms. The van der Waals surface area contributed by atoms with Gasteiger partial charge in [-0.05, 0) is 25.3 Å². The number of carbonyl (C=O) groups is 2. The minimum Gasteiger partial charge on any atom is -0.481 e. The fourth-order valence-electron chi connectivity index (χ4n) is 1.56.